The third kappa shape index (κ3) is 3.54. The van der Waals surface area contributed by atoms with Crippen molar-refractivity contribution in [2.45, 2.75) is 84.8 Å². The molecule has 2 heteroatoms. The highest BCUT2D eigenvalue weighted by molar-refractivity contribution is 5.13. The van der Waals surface area contributed by atoms with Crippen LogP contribution in [0.25, 0.3) is 0 Å². The largest absolute Gasteiger partial charge is 0.392 e. The van der Waals surface area contributed by atoms with Crippen LogP contribution in [0, 0.1) is 35.0 Å². The maximum Gasteiger partial charge on any atom is 0.0797 e. The van der Waals surface area contributed by atoms with Crippen LogP contribution in [0.3, 0.4) is 0 Å². The van der Waals surface area contributed by atoms with Gasteiger partial charge in [-0.3, -0.25) is 0 Å². The topological polar surface area (TPSA) is 40.5 Å². The molecule has 2 saturated carbocycles. The number of hydrogen-bond acceptors (Lipinski definition) is 2. The lowest BCUT2D eigenvalue weighted by Crippen LogP contribution is -2.60. The Morgan fingerprint density at radius 1 is 1.26 bits per heavy atom. The van der Waals surface area contributed by atoms with E-state index in [0.29, 0.717) is 23.7 Å². The van der Waals surface area contributed by atoms with Crippen molar-refractivity contribution >= 4 is 0 Å². The van der Waals surface area contributed by atoms with Gasteiger partial charge in [-0.15, -0.1) is 6.58 Å². The van der Waals surface area contributed by atoms with Crippen molar-refractivity contribution in [3.63, 3.8) is 0 Å². The van der Waals surface area contributed by atoms with Crippen LogP contribution in [-0.2, 0) is 0 Å². The predicted molar refractivity (Wildman–Crippen MR) is 97.1 cm³/mol. The van der Waals surface area contributed by atoms with E-state index in [4.69, 9.17) is 0 Å². The van der Waals surface area contributed by atoms with Gasteiger partial charge >= 0.3 is 0 Å². The second kappa shape index (κ2) is 6.88. The minimum Gasteiger partial charge on any atom is -0.392 e. The zero-order valence-electron chi connectivity index (χ0n) is 15.9. The summed E-state index contributed by atoms with van der Waals surface area (Å²) in [5.74, 6) is 3.11. The first-order valence-corrected chi connectivity index (χ1v) is 9.67. The first-order chi connectivity index (χ1) is 10.6. The first-order valence-electron chi connectivity index (χ1n) is 9.67. The van der Waals surface area contributed by atoms with Crippen LogP contribution in [0.4, 0.5) is 0 Å². The lowest BCUT2D eigenvalue weighted by molar-refractivity contribution is -0.183. The van der Waals surface area contributed by atoms with E-state index in [-0.39, 0.29) is 11.5 Å². The fraction of sp³-hybridized carbons (Fsp3) is 0.905. The van der Waals surface area contributed by atoms with Crippen molar-refractivity contribution in [1.82, 2.24) is 0 Å². The molecule has 2 unspecified atom stereocenters. The minimum atomic E-state index is -0.759. The second-order valence-electron chi connectivity index (χ2n) is 9.31. The van der Waals surface area contributed by atoms with E-state index >= 15 is 0 Å². The van der Waals surface area contributed by atoms with Crippen molar-refractivity contribution in [2.24, 2.45) is 35.0 Å². The van der Waals surface area contributed by atoms with Crippen LogP contribution in [0.15, 0.2) is 12.7 Å². The molecule has 2 aliphatic rings. The molecule has 2 fully saturated rings. The van der Waals surface area contributed by atoms with E-state index in [2.05, 4.69) is 34.3 Å². The van der Waals surface area contributed by atoms with Gasteiger partial charge in [-0.2, -0.15) is 0 Å². The summed E-state index contributed by atoms with van der Waals surface area (Å²) in [7, 11) is 0. The molecule has 0 aromatic rings. The normalized spacial score (nSPS) is 40.3. The molecule has 2 rings (SSSR count). The van der Waals surface area contributed by atoms with Gasteiger partial charge in [0.1, 0.15) is 0 Å². The van der Waals surface area contributed by atoms with E-state index in [0.717, 1.165) is 18.8 Å². The predicted octanol–water partition coefficient (Wildman–Crippen LogP) is 4.80. The van der Waals surface area contributed by atoms with E-state index in [1.165, 1.54) is 25.7 Å². The molecule has 0 spiro atoms. The molecule has 0 heterocycles. The Morgan fingerprint density at radius 2 is 1.91 bits per heavy atom. The number of aliphatic hydroxyl groups is 2. The third-order valence-corrected chi connectivity index (χ3v) is 7.26. The smallest absolute Gasteiger partial charge is 0.0797 e. The summed E-state index contributed by atoms with van der Waals surface area (Å²) in [6.45, 7) is 14.8. The van der Waals surface area contributed by atoms with Crippen LogP contribution in [0.1, 0.15) is 73.1 Å². The average Bonchev–Trinajstić information content (AvgIpc) is 2.79. The van der Waals surface area contributed by atoms with E-state index in [1.54, 1.807) is 6.08 Å². The summed E-state index contributed by atoms with van der Waals surface area (Å²) in [4.78, 5) is 0. The van der Waals surface area contributed by atoms with Crippen LogP contribution in [0.2, 0.25) is 0 Å². The van der Waals surface area contributed by atoms with Crippen LogP contribution >= 0.6 is 0 Å². The third-order valence-electron chi connectivity index (χ3n) is 7.26. The molecule has 0 radical (unpaired) electrons. The Balaban J connectivity index is 1.95. The Labute approximate surface area is 143 Å². The molecule has 134 valence electrons. The summed E-state index contributed by atoms with van der Waals surface area (Å²) in [6.07, 6.45) is 8.25. The van der Waals surface area contributed by atoms with Crippen molar-refractivity contribution in [2.75, 3.05) is 0 Å². The van der Waals surface area contributed by atoms with E-state index < -0.39 is 5.60 Å². The number of aliphatic hydroxyl groups excluding tert-OH is 1. The molecule has 2 aliphatic carbocycles. The van der Waals surface area contributed by atoms with Crippen LogP contribution < -0.4 is 0 Å². The Kier molecular flexibility index (Phi) is 5.68. The quantitative estimate of drug-likeness (QED) is 0.630. The van der Waals surface area contributed by atoms with Crippen LogP contribution in [-0.4, -0.2) is 21.9 Å². The van der Waals surface area contributed by atoms with Crippen molar-refractivity contribution in [3.8, 4) is 0 Å². The Bertz CT molecular complexity index is 414. The Morgan fingerprint density at radius 3 is 2.48 bits per heavy atom. The van der Waals surface area contributed by atoms with Gasteiger partial charge in [0, 0.05) is 5.41 Å². The fourth-order valence-electron chi connectivity index (χ4n) is 5.54. The van der Waals surface area contributed by atoms with Crippen molar-refractivity contribution < 1.29 is 10.2 Å². The molecule has 0 aliphatic heterocycles. The highest BCUT2D eigenvalue weighted by atomic mass is 16.3. The maximum atomic E-state index is 10.9. The SMILES string of the molecule is C=CC(C)(O)CC[C@@H](C)[C@H]1CC[C@H]2[C@H](CCC(C)C)C(O)[C@]12C. The minimum absolute atomic E-state index is 0.112. The molecule has 7 atom stereocenters. The van der Waals surface area contributed by atoms with Crippen LogP contribution in [0.5, 0.6) is 0 Å². The molecule has 0 saturated heterocycles. The fourth-order valence-corrected chi connectivity index (χ4v) is 5.54. The summed E-state index contributed by atoms with van der Waals surface area (Å²) in [5.41, 5.74) is -0.647. The Hall–Kier alpha value is -0.340. The molecule has 0 amide bonds. The molecular formula is C21H38O2. The van der Waals surface area contributed by atoms with Gasteiger partial charge in [0.15, 0.2) is 0 Å². The van der Waals surface area contributed by atoms with Gasteiger partial charge in [0.05, 0.1) is 11.7 Å². The zero-order chi connectivity index (χ0) is 17.4. The number of fused-ring (bicyclic) bond motifs is 1. The zero-order valence-corrected chi connectivity index (χ0v) is 15.9. The maximum absolute atomic E-state index is 10.9. The molecule has 23 heavy (non-hydrogen) atoms. The first kappa shape index (κ1) is 19.0. The van der Waals surface area contributed by atoms with Crippen molar-refractivity contribution in [3.05, 3.63) is 12.7 Å². The molecule has 0 aromatic heterocycles. The molecule has 0 aromatic carbocycles. The molecule has 0 bridgehead atoms. The lowest BCUT2D eigenvalue weighted by atomic mass is 9.49. The highest BCUT2D eigenvalue weighted by Crippen LogP contribution is 2.66. The number of rotatable bonds is 8. The van der Waals surface area contributed by atoms with E-state index in [9.17, 15) is 10.2 Å². The van der Waals surface area contributed by atoms with Gasteiger partial charge in [-0.25, -0.2) is 0 Å². The summed E-state index contributed by atoms with van der Waals surface area (Å²) < 4.78 is 0. The molecule has 2 N–H and O–H groups in total. The molecular weight excluding hydrogens is 284 g/mol. The van der Waals surface area contributed by atoms with Gasteiger partial charge in [0.25, 0.3) is 0 Å². The van der Waals surface area contributed by atoms with Crippen molar-refractivity contribution in [1.29, 1.82) is 0 Å². The van der Waals surface area contributed by atoms with Gasteiger partial charge < -0.3 is 10.2 Å². The monoisotopic (exact) mass is 322 g/mol. The van der Waals surface area contributed by atoms with Gasteiger partial charge in [-0.05, 0) is 68.6 Å². The second-order valence-corrected chi connectivity index (χ2v) is 9.31. The van der Waals surface area contributed by atoms with Gasteiger partial charge in [-0.1, -0.05) is 40.2 Å². The van der Waals surface area contributed by atoms with E-state index in [1.807, 2.05) is 6.92 Å². The average molecular weight is 323 g/mol. The summed E-state index contributed by atoms with van der Waals surface area (Å²) in [5, 5.41) is 21.0. The number of hydrogen-bond donors (Lipinski definition) is 2. The van der Waals surface area contributed by atoms with Gasteiger partial charge in [0.2, 0.25) is 0 Å². The lowest BCUT2D eigenvalue weighted by Gasteiger charge is -2.58. The summed E-state index contributed by atoms with van der Waals surface area (Å²) >= 11 is 0. The molecule has 2 nitrogen and oxygen atoms in total. The summed E-state index contributed by atoms with van der Waals surface area (Å²) in [6, 6.07) is 0. The highest BCUT2D eigenvalue weighted by Gasteiger charge is 2.64. The standard InChI is InChI=1S/C21H38O2/c1-7-20(5,23)13-12-15(4)17-10-11-18-16(9-8-14(2)3)19(22)21(17,18)6/h7,14-19,22-23H,1,8-13H2,2-6H3/t15-,16+,17-,18+,19?,20?,21-/m1/s1.